The molecule has 82 valence electrons. The van der Waals surface area contributed by atoms with Gasteiger partial charge in [0.15, 0.2) is 0 Å². The molecule has 3 nitrogen and oxygen atoms in total. The van der Waals surface area contributed by atoms with Gasteiger partial charge in [0, 0.05) is 11.8 Å². The van der Waals surface area contributed by atoms with Crippen LogP contribution in [0.2, 0.25) is 0 Å². The van der Waals surface area contributed by atoms with E-state index < -0.39 is 0 Å². The van der Waals surface area contributed by atoms with Crippen molar-refractivity contribution in [3.05, 3.63) is 42.6 Å². The number of pyridine rings is 1. The molecule has 0 atom stereocenters. The number of hydrogen-bond acceptors (Lipinski definition) is 3. The fourth-order valence-corrected chi connectivity index (χ4v) is 1.49. The van der Waals surface area contributed by atoms with Crippen LogP contribution in [0, 0.1) is 0 Å². The summed E-state index contributed by atoms with van der Waals surface area (Å²) in [6.45, 7) is 2.59. The minimum atomic E-state index is 0.187. The Balaban J connectivity index is 2.31. The molecule has 0 radical (unpaired) electrons. The van der Waals surface area contributed by atoms with E-state index in [1.807, 2.05) is 31.2 Å². The Morgan fingerprint density at radius 2 is 1.94 bits per heavy atom. The van der Waals surface area contributed by atoms with E-state index in [1.54, 1.807) is 18.3 Å². The van der Waals surface area contributed by atoms with Crippen molar-refractivity contribution in [1.82, 2.24) is 4.98 Å². The zero-order valence-corrected chi connectivity index (χ0v) is 9.05. The lowest BCUT2D eigenvalue weighted by Crippen LogP contribution is -1.91. The predicted octanol–water partition coefficient (Wildman–Crippen LogP) is 2.85. The molecule has 2 aromatic rings. The van der Waals surface area contributed by atoms with E-state index >= 15 is 0 Å². The molecule has 0 aliphatic carbocycles. The first-order chi connectivity index (χ1) is 7.81. The van der Waals surface area contributed by atoms with Gasteiger partial charge in [-0.05, 0) is 43.3 Å². The van der Waals surface area contributed by atoms with Crippen molar-refractivity contribution in [2.75, 3.05) is 6.61 Å². The summed E-state index contributed by atoms with van der Waals surface area (Å²) in [4.78, 5) is 4.13. The Kier molecular flexibility index (Phi) is 3.05. The molecule has 0 spiro atoms. The van der Waals surface area contributed by atoms with E-state index in [4.69, 9.17) is 4.74 Å². The van der Waals surface area contributed by atoms with Crippen LogP contribution in [0.3, 0.4) is 0 Å². The van der Waals surface area contributed by atoms with Gasteiger partial charge in [-0.2, -0.15) is 0 Å². The highest BCUT2D eigenvalue weighted by molar-refractivity contribution is 5.66. The lowest BCUT2D eigenvalue weighted by molar-refractivity contribution is 0.340. The highest BCUT2D eigenvalue weighted by Gasteiger charge is 2.04. The summed E-state index contributed by atoms with van der Waals surface area (Å²) in [7, 11) is 0. The second kappa shape index (κ2) is 4.66. The standard InChI is InChI=1S/C13H13NO2/c1-2-16-11-7-5-10(6-8-11)13-12(15)4-3-9-14-13/h3-9,15H,2H2,1H3. The summed E-state index contributed by atoms with van der Waals surface area (Å²) in [6.07, 6.45) is 1.66. The lowest BCUT2D eigenvalue weighted by Gasteiger charge is -2.05. The zero-order chi connectivity index (χ0) is 11.4. The van der Waals surface area contributed by atoms with Gasteiger partial charge in [0.25, 0.3) is 0 Å². The number of ether oxygens (including phenoxy) is 1. The maximum absolute atomic E-state index is 9.64. The van der Waals surface area contributed by atoms with Gasteiger partial charge < -0.3 is 9.84 Å². The highest BCUT2D eigenvalue weighted by atomic mass is 16.5. The average Bonchev–Trinajstić information content (AvgIpc) is 2.31. The van der Waals surface area contributed by atoms with Crippen molar-refractivity contribution in [3.63, 3.8) is 0 Å². The molecular weight excluding hydrogens is 202 g/mol. The quantitative estimate of drug-likeness (QED) is 0.856. The minimum absolute atomic E-state index is 0.187. The van der Waals surface area contributed by atoms with Gasteiger partial charge >= 0.3 is 0 Å². The molecule has 1 aromatic carbocycles. The number of hydrogen-bond donors (Lipinski definition) is 1. The minimum Gasteiger partial charge on any atom is -0.506 e. The molecule has 3 heteroatoms. The Morgan fingerprint density at radius 3 is 2.56 bits per heavy atom. The fourth-order valence-electron chi connectivity index (χ4n) is 1.49. The van der Waals surface area contributed by atoms with Gasteiger partial charge in [-0.25, -0.2) is 0 Å². The van der Waals surface area contributed by atoms with Crippen LogP contribution in [0.15, 0.2) is 42.6 Å². The second-order valence-corrected chi connectivity index (χ2v) is 3.33. The number of nitrogens with zero attached hydrogens (tertiary/aromatic N) is 1. The predicted molar refractivity (Wildman–Crippen MR) is 62.5 cm³/mol. The summed E-state index contributed by atoms with van der Waals surface area (Å²) >= 11 is 0. The van der Waals surface area contributed by atoms with Crippen LogP contribution < -0.4 is 4.74 Å². The molecule has 0 aliphatic rings. The number of aromatic nitrogens is 1. The van der Waals surface area contributed by atoms with Crippen LogP contribution in [-0.4, -0.2) is 16.7 Å². The van der Waals surface area contributed by atoms with Gasteiger partial charge in [0.05, 0.1) is 6.61 Å². The van der Waals surface area contributed by atoms with Crippen LogP contribution in [0.4, 0.5) is 0 Å². The first-order valence-corrected chi connectivity index (χ1v) is 5.18. The van der Waals surface area contributed by atoms with Crippen LogP contribution in [0.25, 0.3) is 11.3 Å². The molecule has 1 N–H and O–H groups in total. The van der Waals surface area contributed by atoms with Crippen LogP contribution >= 0.6 is 0 Å². The molecule has 0 saturated carbocycles. The van der Waals surface area contributed by atoms with Crippen molar-refractivity contribution in [1.29, 1.82) is 0 Å². The van der Waals surface area contributed by atoms with E-state index in [9.17, 15) is 5.11 Å². The first-order valence-electron chi connectivity index (χ1n) is 5.18. The van der Waals surface area contributed by atoms with Gasteiger partial charge in [-0.3, -0.25) is 4.98 Å². The molecule has 0 saturated heterocycles. The van der Waals surface area contributed by atoms with Gasteiger partial charge in [0.1, 0.15) is 17.2 Å². The third-order valence-electron chi connectivity index (χ3n) is 2.23. The molecule has 16 heavy (non-hydrogen) atoms. The van der Waals surface area contributed by atoms with E-state index in [0.29, 0.717) is 12.3 Å². The van der Waals surface area contributed by atoms with Crippen molar-refractivity contribution >= 4 is 0 Å². The summed E-state index contributed by atoms with van der Waals surface area (Å²) < 4.78 is 5.34. The first kappa shape index (κ1) is 10.5. The Hall–Kier alpha value is -2.03. The molecule has 1 heterocycles. The molecule has 0 fully saturated rings. The average molecular weight is 215 g/mol. The van der Waals surface area contributed by atoms with E-state index in [0.717, 1.165) is 11.3 Å². The van der Waals surface area contributed by atoms with Crippen molar-refractivity contribution in [2.45, 2.75) is 6.92 Å². The summed E-state index contributed by atoms with van der Waals surface area (Å²) in [5.74, 6) is 1.01. The third kappa shape index (κ3) is 2.14. The normalized spacial score (nSPS) is 10.1. The van der Waals surface area contributed by atoms with Gasteiger partial charge in [-0.1, -0.05) is 0 Å². The summed E-state index contributed by atoms with van der Waals surface area (Å²) in [6, 6.07) is 10.8. The highest BCUT2D eigenvalue weighted by Crippen LogP contribution is 2.27. The van der Waals surface area contributed by atoms with E-state index in [-0.39, 0.29) is 5.75 Å². The number of rotatable bonds is 3. The Bertz CT molecular complexity index is 466. The monoisotopic (exact) mass is 215 g/mol. The number of benzene rings is 1. The van der Waals surface area contributed by atoms with E-state index in [2.05, 4.69) is 4.98 Å². The maximum Gasteiger partial charge on any atom is 0.141 e. The molecule has 1 aromatic heterocycles. The Labute approximate surface area is 94.3 Å². The summed E-state index contributed by atoms with van der Waals surface area (Å²) in [5, 5.41) is 9.64. The van der Waals surface area contributed by atoms with Crippen LogP contribution in [0.5, 0.6) is 11.5 Å². The van der Waals surface area contributed by atoms with Crippen molar-refractivity contribution < 1.29 is 9.84 Å². The smallest absolute Gasteiger partial charge is 0.141 e. The zero-order valence-electron chi connectivity index (χ0n) is 9.05. The fraction of sp³-hybridized carbons (Fsp3) is 0.154. The van der Waals surface area contributed by atoms with Crippen LogP contribution in [0.1, 0.15) is 6.92 Å². The molecule has 0 bridgehead atoms. The van der Waals surface area contributed by atoms with Crippen LogP contribution in [-0.2, 0) is 0 Å². The van der Waals surface area contributed by atoms with Crippen molar-refractivity contribution in [3.8, 4) is 22.8 Å². The topological polar surface area (TPSA) is 42.4 Å². The third-order valence-corrected chi connectivity index (χ3v) is 2.23. The largest absolute Gasteiger partial charge is 0.506 e. The lowest BCUT2D eigenvalue weighted by atomic mass is 10.1. The van der Waals surface area contributed by atoms with E-state index in [1.165, 1.54) is 0 Å². The number of aromatic hydroxyl groups is 1. The molecule has 0 unspecified atom stereocenters. The summed E-state index contributed by atoms with van der Waals surface area (Å²) in [5.41, 5.74) is 1.46. The SMILES string of the molecule is CCOc1ccc(-c2ncccc2O)cc1. The Morgan fingerprint density at radius 1 is 1.19 bits per heavy atom. The molecule has 2 rings (SSSR count). The van der Waals surface area contributed by atoms with Gasteiger partial charge in [0.2, 0.25) is 0 Å². The van der Waals surface area contributed by atoms with Gasteiger partial charge in [-0.15, -0.1) is 0 Å². The second-order valence-electron chi connectivity index (χ2n) is 3.33. The molecule has 0 amide bonds. The van der Waals surface area contributed by atoms with Crippen molar-refractivity contribution in [2.24, 2.45) is 0 Å². The maximum atomic E-state index is 9.64. The molecule has 0 aliphatic heterocycles. The molecular formula is C13H13NO2.